The van der Waals surface area contributed by atoms with Crippen LogP contribution < -0.4 is 5.32 Å². The van der Waals surface area contributed by atoms with Gasteiger partial charge in [0.1, 0.15) is 12.1 Å². The molecule has 0 fully saturated rings. The lowest BCUT2D eigenvalue weighted by Gasteiger charge is -2.19. The second kappa shape index (κ2) is 7.25. The highest BCUT2D eigenvalue weighted by Gasteiger charge is 2.27. The maximum Gasteiger partial charge on any atom is 0.321 e. The average molecular weight is 281 g/mol. The van der Waals surface area contributed by atoms with Crippen molar-refractivity contribution in [1.82, 2.24) is 5.32 Å². The van der Waals surface area contributed by atoms with E-state index < -0.39 is 36.4 Å². The van der Waals surface area contributed by atoms with Gasteiger partial charge in [-0.2, -0.15) is 0 Å². The minimum absolute atomic E-state index is 0.0690. The molecule has 20 heavy (non-hydrogen) atoms. The number of hydrogen-bond acceptors (Lipinski definition) is 4. The molecular formula is C13H15NO6. The number of hydrogen-bond donors (Lipinski definition) is 4. The number of aliphatic carboxylic acids is 3. The van der Waals surface area contributed by atoms with E-state index in [0.29, 0.717) is 5.56 Å². The van der Waals surface area contributed by atoms with Crippen molar-refractivity contribution in [3.8, 4) is 0 Å². The second-order valence-corrected chi connectivity index (χ2v) is 4.24. The first-order valence-electron chi connectivity index (χ1n) is 5.87. The first-order chi connectivity index (χ1) is 9.40. The summed E-state index contributed by atoms with van der Waals surface area (Å²) >= 11 is 0. The van der Waals surface area contributed by atoms with E-state index in [1.165, 1.54) is 0 Å². The third-order valence-electron chi connectivity index (χ3n) is 2.66. The van der Waals surface area contributed by atoms with Crippen LogP contribution in [0.5, 0.6) is 0 Å². The van der Waals surface area contributed by atoms with Crippen LogP contribution in [0.3, 0.4) is 0 Å². The summed E-state index contributed by atoms with van der Waals surface area (Å²) in [7, 11) is 0. The van der Waals surface area contributed by atoms with Crippen molar-refractivity contribution in [3.05, 3.63) is 35.9 Å². The number of rotatable bonds is 8. The van der Waals surface area contributed by atoms with Gasteiger partial charge in [-0.05, 0) is 12.0 Å². The molecule has 2 atom stereocenters. The van der Waals surface area contributed by atoms with Gasteiger partial charge in [-0.25, -0.2) is 0 Å². The van der Waals surface area contributed by atoms with Gasteiger partial charge in [0.25, 0.3) is 0 Å². The molecule has 0 aliphatic carbocycles. The van der Waals surface area contributed by atoms with Crippen LogP contribution in [0.4, 0.5) is 0 Å². The van der Waals surface area contributed by atoms with Crippen LogP contribution in [-0.4, -0.2) is 45.3 Å². The molecule has 4 N–H and O–H groups in total. The Kier molecular flexibility index (Phi) is 5.67. The molecule has 7 heteroatoms. The van der Waals surface area contributed by atoms with E-state index in [1.54, 1.807) is 30.3 Å². The molecule has 0 heterocycles. The minimum atomic E-state index is -1.45. The van der Waals surface area contributed by atoms with Crippen LogP contribution in [0.1, 0.15) is 12.0 Å². The third-order valence-corrected chi connectivity index (χ3v) is 2.66. The zero-order valence-corrected chi connectivity index (χ0v) is 10.5. The fourth-order valence-corrected chi connectivity index (χ4v) is 1.70. The molecule has 0 radical (unpaired) electrons. The van der Waals surface area contributed by atoms with Gasteiger partial charge in [0.15, 0.2) is 0 Å². The Balaban J connectivity index is 2.77. The molecular weight excluding hydrogens is 266 g/mol. The molecule has 0 saturated carbocycles. The molecule has 0 aromatic heterocycles. The highest BCUT2D eigenvalue weighted by Crippen LogP contribution is 2.05. The first kappa shape index (κ1) is 15.6. The summed E-state index contributed by atoms with van der Waals surface area (Å²) in [6.07, 6.45) is -0.618. The van der Waals surface area contributed by atoms with E-state index in [0.717, 1.165) is 0 Å². The molecule has 0 bridgehead atoms. The molecule has 1 rings (SSSR count). The maximum atomic E-state index is 11.1. The SMILES string of the molecule is O=C(O)CC(NC(Cc1ccccc1)C(=O)O)C(=O)O. The minimum Gasteiger partial charge on any atom is -0.481 e. The van der Waals surface area contributed by atoms with Crippen molar-refractivity contribution in [3.63, 3.8) is 0 Å². The van der Waals surface area contributed by atoms with E-state index in [4.69, 9.17) is 15.3 Å². The Morgan fingerprint density at radius 1 is 0.950 bits per heavy atom. The second-order valence-electron chi connectivity index (χ2n) is 4.24. The van der Waals surface area contributed by atoms with Gasteiger partial charge >= 0.3 is 17.9 Å². The van der Waals surface area contributed by atoms with Crippen molar-refractivity contribution >= 4 is 17.9 Å². The first-order valence-corrected chi connectivity index (χ1v) is 5.87. The van der Waals surface area contributed by atoms with Crippen LogP contribution in [0.2, 0.25) is 0 Å². The summed E-state index contributed by atoms with van der Waals surface area (Å²) in [5, 5.41) is 29.0. The predicted molar refractivity (Wildman–Crippen MR) is 68.4 cm³/mol. The van der Waals surface area contributed by atoms with Gasteiger partial charge in [-0.1, -0.05) is 30.3 Å². The fraction of sp³-hybridized carbons (Fsp3) is 0.308. The summed E-state index contributed by atoms with van der Waals surface area (Å²) in [5.41, 5.74) is 0.715. The Morgan fingerprint density at radius 2 is 1.50 bits per heavy atom. The van der Waals surface area contributed by atoms with Gasteiger partial charge in [0.2, 0.25) is 0 Å². The lowest BCUT2D eigenvalue weighted by molar-refractivity contribution is -0.147. The van der Waals surface area contributed by atoms with E-state index in [1.807, 2.05) is 0 Å². The van der Waals surface area contributed by atoms with Crippen LogP contribution in [0, 0.1) is 0 Å². The monoisotopic (exact) mass is 281 g/mol. The van der Waals surface area contributed by atoms with Gasteiger partial charge in [-0.15, -0.1) is 0 Å². The van der Waals surface area contributed by atoms with Crippen molar-refractivity contribution < 1.29 is 29.7 Å². The predicted octanol–water partition coefficient (Wildman–Crippen LogP) is 0.200. The highest BCUT2D eigenvalue weighted by molar-refractivity contribution is 5.82. The van der Waals surface area contributed by atoms with Gasteiger partial charge < -0.3 is 15.3 Å². The van der Waals surface area contributed by atoms with Crippen molar-refractivity contribution in [2.45, 2.75) is 24.9 Å². The van der Waals surface area contributed by atoms with Crippen LogP contribution in [0.25, 0.3) is 0 Å². The lowest BCUT2D eigenvalue weighted by atomic mass is 10.0. The fourth-order valence-electron chi connectivity index (χ4n) is 1.70. The largest absolute Gasteiger partial charge is 0.481 e. The standard InChI is InChI=1S/C13H15NO6/c15-11(16)7-10(13(19)20)14-9(12(17)18)6-8-4-2-1-3-5-8/h1-5,9-10,14H,6-7H2,(H,15,16)(H,17,18)(H,19,20). The molecule has 7 nitrogen and oxygen atoms in total. The molecule has 0 aliphatic rings. The zero-order valence-electron chi connectivity index (χ0n) is 10.5. The Hall–Kier alpha value is -2.41. The number of nitrogens with one attached hydrogen (secondary N) is 1. The quantitative estimate of drug-likeness (QED) is 0.536. The van der Waals surface area contributed by atoms with Crippen LogP contribution >= 0.6 is 0 Å². The van der Waals surface area contributed by atoms with E-state index >= 15 is 0 Å². The Labute approximate surface area is 114 Å². The zero-order chi connectivity index (χ0) is 15.1. The number of carboxylic acid groups (broad SMARTS) is 3. The van der Waals surface area contributed by atoms with Gasteiger partial charge in [0, 0.05) is 0 Å². The van der Waals surface area contributed by atoms with Gasteiger partial charge in [-0.3, -0.25) is 19.7 Å². The van der Waals surface area contributed by atoms with Gasteiger partial charge in [0.05, 0.1) is 6.42 Å². The lowest BCUT2D eigenvalue weighted by Crippen LogP contribution is -2.49. The van der Waals surface area contributed by atoms with E-state index in [-0.39, 0.29) is 6.42 Å². The molecule has 0 amide bonds. The van der Waals surface area contributed by atoms with Crippen LogP contribution in [0.15, 0.2) is 30.3 Å². The highest BCUT2D eigenvalue weighted by atomic mass is 16.4. The normalized spacial score (nSPS) is 13.4. The molecule has 1 aromatic rings. The Morgan fingerprint density at radius 3 is 1.95 bits per heavy atom. The third kappa shape index (κ3) is 5.07. The number of carboxylic acids is 3. The summed E-state index contributed by atoms with van der Waals surface area (Å²) in [4.78, 5) is 32.6. The smallest absolute Gasteiger partial charge is 0.321 e. The number of benzene rings is 1. The Bertz CT molecular complexity index is 487. The van der Waals surface area contributed by atoms with Crippen molar-refractivity contribution in [1.29, 1.82) is 0 Å². The summed E-state index contributed by atoms with van der Waals surface area (Å²) < 4.78 is 0. The molecule has 0 spiro atoms. The molecule has 108 valence electrons. The van der Waals surface area contributed by atoms with E-state index in [9.17, 15) is 14.4 Å². The molecule has 2 unspecified atom stereocenters. The number of carbonyl (C=O) groups is 3. The average Bonchev–Trinajstić information content (AvgIpc) is 2.37. The van der Waals surface area contributed by atoms with Crippen LogP contribution in [-0.2, 0) is 20.8 Å². The summed E-state index contributed by atoms with van der Waals surface area (Å²) in [6, 6.07) is 6.06. The van der Waals surface area contributed by atoms with E-state index in [2.05, 4.69) is 5.32 Å². The molecule has 0 saturated heterocycles. The molecule has 0 aliphatic heterocycles. The maximum absolute atomic E-state index is 11.1. The summed E-state index contributed by atoms with van der Waals surface area (Å²) in [6.45, 7) is 0. The molecule has 1 aromatic carbocycles. The summed E-state index contributed by atoms with van der Waals surface area (Å²) in [5.74, 6) is -3.94. The van der Waals surface area contributed by atoms with Crippen molar-refractivity contribution in [2.24, 2.45) is 0 Å². The van der Waals surface area contributed by atoms with Crippen molar-refractivity contribution in [2.75, 3.05) is 0 Å². The topological polar surface area (TPSA) is 124 Å².